The topological polar surface area (TPSA) is 82.3 Å². The van der Waals surface area contributed by atoms with Gasteiger partial charge in [0.15, 0.2) is 0 Å². The van der Waals surface area contributed by atoms with Gasteiger partial charge in [-0.1, -0.05) is 25.7 Å². The molecule has 2 rings (SSSR count). The van der Waals surface area contributed by atoms with E-state index in [0.717, 1.165) is 6.54 Å². The van der Waals surface area contributed by atoms with Crippen LogP contribution in [0.2, 0.25) is 0 Å². The Labute approximate surface area is 156 Å². The number of hydrogen-bond donors (Lipinski definition) is 4. The number of nitrogens with one attached hydrogen (secondary N) is 4. The van der Waals surface area contributed by atoms with Gasteiger partial charge in [0.2, 0.25) is 0 Å². The first-order valence-electron chi connectivity index (χ1n) is 9.74. The number of hydrogen-bond acceptors (Lipinski definition) is 3. The molecule has 4 N–H and O–H groups in total. The molecule has 3 amide bonds. The maximum absolute atomic E-state index is 12.2. The van der Waals surface area contributed by atoms with Gasteiger partial charge in [-0.05, 0) is 51.0 Å². The number of benzene rings is 1. The van der Waals surface area contributed by atoms with Crippen LogP contribution in [0, 0.1) is 0 Å². The molecule has 0 aliphatic heterocycles. The first-order valence-corrected chi connectivity index (χ1v) is 9.74. The maximum Gasteiger partial charge on any atom is 0.319 e. The van der Waals surface area contributed by atoms with Crippen molar-refractivity contribution < 1.29 is 9.59 Å². The SMILES string of the molecule is CC(C)NC(=O)Nc1ccc(C(=O)NCCNC2CCCCCC2)cc1. The van der Waals surface area contributed by atoms with E-state index in [1.807, 2.05) is 13.8 Å². The van der Waals surface area contributed by atoms with Crippen LogP contribution >= 0.6 is 0 Å². The summed E-state index contributed by atoms with van der Waals surface area (Å²) in [4.78, 5) is 23.9. The predicted octanol–water partition coefficient (Wildman–Crippen LogP) is 3.26. The van der Waals surface area contributed by atoms with Crippen LogP contribution in [0.4, 0.5) is 10.5 Å². The highest BCUT2D eigenvalue weighted by Gasteiger charge is 2.11. The van der Waals surface area contributed by atoms with Gasteiger partial charge in [0.25, 0.3) is 5.91 Å². The molecule has 1 aromatic rings. The standard InChI is InChI=1S/C20H32N4O2/c1-15(2)23-20(26)24-18-11-9-16(10-12-18)19(25)22-14-13-21-17-7-5-3-4-6-8-17/h9-12,15,17,21H,3-8,13-14H2,1-2H3,(H,22,25)(H2,23,24,26). The lowest BCUT2D eigenvalue weighted by Gasteiger charge is -2.16. The Hall–Kier alpha value is -2.08. The molecule has 0 atom stereocenters. The molecule has 0 saturated heterocycles. The number of anilines is 1. The minimum Gasteiger partial charge on any atom is -0.351 e. The summed E-state index contributed by atoms with van der Waals surface area (Å²) < 4.78 is 0. The van der Waals surface area contributed by atoms with E-state index in [1.165, 1.54) is 38.5 Å². The van der Waals surface area contributed by atoms with Gasteiger partial charge in [0.05, 0.1) is 0 Å². The first kappa shape index (κ1) is 20.2. The minimum absolute atomic E-state index is 0.0756. The molecular formula is C20H32N4O2. The lowest BCUT2D eigenvalue weighted by molar-refractivity contribution is 0.0953. The zero-order valence-electron chi connectivity index (χ0n) is 15.9. The Bertz CT molecular complexity index is 564. The number of urea groups is 1. The average molecular weight is 361 g/mol. The van der Waals surface area contributed by atoms with E-state index in [-0.39, 0.29) is 18.0 Å². The molecular weight excluding hydrogens is 328 g/mol. The summed E-state index contributed by atoms with van der Waals surface area (Å²) in [5, 5.41) is 12.0. The summed E-state index contributed by atoms with van der Waals surface area (Å²) in [6, 6.07) is 7.33. The zero-order chi connectivity index (χ0) is 18.8. The second-order valence-electron chi connectivity index (χ2n) is 7.23. The molecule has 0 aromatic heterocycles. The Morgan fingerprint density at radius 3 is 2.27 bits per heavy atom. The van der Waals surface area contributed by atoms with Crippen LogP contribution in [0.5, 0.6) is 0 Å². The van der Waals surface area contributed by atoms with Gasteiger partial charge in [-0.15, -0.1) is 0 Å². The van der Waals surface area contributed by atoms with Crippen molar-refractivity contribution >= 4 is 17.6 Å². The highest BCUT2D eigenvalue weighted by Crippen LogP contribution is 2.16. The van der Waals surface area contributed by atoms with Crippen molar-refractivity contribution in [1.29, 1.82) is 0 Å². The van der Waals surface area contributed by atoms with E-state index in [0.29, 0.717) is 23.8 Å². The average Bonchev–Trinajstić information content (AvgIpc) is 2.87. The fourth-order valence-electron chi connectivity index (χ4n) is 3.17. The zero-order valence-corrected chi connectivity index (χ0v) is 15.9. The van der Waals surface area contributed by atoms with Crippen molar-refractivity contribution in [3.8, 4) is 0 Å². The van der Waals surface area contributed by atoms with Crippen molar-refractivity contribution in [2.24, 2.45) is 0 Å². The van der Waals surface area contributed by atoms with Crippen LogP contribution in [0.3, 0.4) is 0 Å². The monoisotopic (exact) mass is 360 g/mol. The molecule has 0 spiro atoms. The highest BCUT2D eigenvalue weighted by atomic mass is 16.2. The summed E-state index contributed by atoms with van der Waals surface area (Å²) in [6.07, 6.45) is 7.79. The summed E-state index contributed by atoms with van der Waals surface area (Å²) >= 11 is 0. The van der Waals surface area contributed by atoms with Crippen LogP contribution in [-0.2, 0) is 0 Å². The minimum atomic E-state index is -0.248. The van der Waals surface area contributed by atoms with Gasteiger partial charge in [0.1, 0.15) is 0 Å². The molecule has 1 aliphatic rings. The molecule has 1 aromatic carbocycles. The van der Waals surface area contributed by atoms with Crippen molar-refractivity contribution in [3.05, 3.63) is 29.8 Å². The molecule has 1 aliphatic carbocycles. The van der Waals surface area contributed by atoms with E-state index in [4.69, 9.17) is 0 Å². The van der Waals surface area contributed by atoms with Gasteiger partial charge in [-0.25, -0.2) is 4.79 Å². The van der Waals surface area contributed by atoms with Gasteiger partial charge < -0.3 is 21.3 Å². The van der Waals surface area contributed by atoms with E-state index in [9.17, 15) is 9.59 Å². The first-order chi connectivity index (χ1) is 12.5. The molecule has 0 bridgehead atoms. The van der Waals surface area contributed by atoms with E-state index in [2.05, 4.69) is 21.3 Å². The quantitative estimate of drug-likeness (QED) is 0.445. The molecule has 26 heavy (non-hydrogen) atoms. The summed E-state index contributed by atoms with van der Waals surface area (Å²) in [5.41, 5.74) is 1.25. The third kappa shape index (κ3) is 7.44. The van der Waals surface area contributed by atoms with Crippen LogP contribution < -0.4 is 21.3 Å². The number of amides is 3. The van der Waals surface area contributed by atoms with Crippen molar-refractivity contribution in [2.45, 2.75) is 64.5 Å². The van der Waals surface area contributed by atoms with Crippen LogP contribution in [0.15, 0.2) is 24.3 Å². The third-order valence-corrected chi connectivity index (χ3v) is 4.52. The van der Waals surface area contributed by atoms with Crippen LogP contribution in [0.1, 0.15) is 62.7 Å². The third-order valence-electron chi connectivity index (χ3n) is 4.52. The Balaban J connectivity index is 1.69. The number of carbonyl (C=O) groups is 2. The number of rotatable bonds is 7. The smallest absolute Gasteiger partial charge is 0.319 e. The molecule has 0 radical (unpaired) electrons. The van der Waals surface area contributed by atoms with Crippen molar-refractivity contribution in [3.63, 3.8) is 0 Å². The fraction of sp³-hybridized carbons (Fsp3) is 0.600. The van der Waals surface area contributed by atoms with E-state index >= 15 is 0 Å². The molecule has 1 fully saturated rings. The molecule has 1 saturated carbocycles. The van der Waals surface area contributed by atoms with E-state index in [1.54, 1.807) is 24.3 Å². The van der Waals surface area contributed by atoms with Crippen LogP contribution in [-0.4, -0.2) is 37.1 Å². The molecule has 144 valence electrons. The lowest BCUT2D eigenvalue weighted by Crippen LogP contribution is -2.36. The fourth-order valence-corrected chi connectivity index (χ4v) is 3.17. The van der Waals surface area contributed by atoms with Gasteiger partial charge in [0, 0.05) is 36.4 Å². The summed E-state index contributed by atoms with van der Waals surface area (Å²) in [6.45, 7) is 5.22. The van der Waals surface area contributed by atoms with Crippen molar-refractivity contribution in [1.82, 2.24) is 16.0 Å². The van der Waals surface area contributed by atoms with Gasteiger partial charge in [-0.2, -0.15) is 0 Å². The number of carbonyl (C=O) groups excluding carboxylic acids is 2. The van der Waals surface area contributed by atoms with Gasteiger partial charge >= 0.3 is 6.03 Å². The molecule has 0 unspecified atom stereocenters. The summed E-state index contributed by atoms with van der Waals surface area (Å²) in [7, 11) is 0. The predicted molar refractivity (Wildman–Crippen MR) is 106 cm³/mol. The molecule has 0 heterocycles. The maximum atomic E-state index is 12.2. The Kier molecular flexibility index (Phi) is 8.41. The highest BCUT2D eigenvalue weighted by molar-refractivity contribution is 5.95. The Morgan fingerprint density at radius 1 is 1.00 bits per heavy atom. The second-order valence-corrected chi connectivity index (χ2v) is 7.23. The van der Waals surface area contributed by atoms with E-state index < -0.39 is 0 Å². The Morgan fingerprint density at radius 2 is 1.65 bits per heavy atom. The van der Waals surface area contributed by atoms with Gasteiger partial charge in [-0.3, -0.25) is 4.79 Å². The molecule has 6 heteroatoms. The molecule has 6 nitrogen and oxygen atoms in total. The normalized spacial score (nSPS) is 15.3. The largest absolute Gasteiger partial charge is 0.351 e. The van der Waals surface area contributed by atoms with Crippen LogP contribution in [0.25, 0.3) is 0 Å². The second kappa shape index (κ2) is 10.8. The van der Waals surface area contributed by atoms with Crippen molar-refractivity contribution in [2.75, 3.05) is 18.4 Å². The lowest BCUT2D eigenvalue weighted by atomic mass is 10.1. The summed E-state index contributed by atoms with van der Waals surface area (Å²) in [5.74, 6) is -0.0918.